The lowest BCUT2D eigenvalue weighted by Gasteiger charge is -2.04. The first-order chi connectivity index (χ1) is 7.06. The molecule has 5 nitrogen and oxygen atoms in total. The summed E-state index contributed by atoms with van der Waals surface area (Å²) in [4.78, 5) is 32.1. The van der Waals surface area contributed by atoms with Crippen LogP contribution in [0.5, 0.6) is 0 Å². The lowest BCUT2D eigenvalue weighted by atomic mass is 10.3. The van der Waals surface area contributed by atoms with Gasteiger partial charge in [-0.3, -0.25) is 14.4 Å². The first kappa shape index (κ1) is 13.4. The number of rotatable bonds is 7. The average Bonchev–Trinajstić information content (AvgIpc) is 2.12. The summed E-state index contributed by atoms with van der Waals surface area (Å²) in [5, 5.41) is 0. The maximum absolute atomic E-state index is 10.8. The molecule has 0 radical (unpaired) electrons. The van der Waals surface area contributed by atoms with Crippen LogP contribution in [0.1, 0.15) is 19.8 Å². The van der Waals surface area contributed by atoms with Gasteiger partial charge in [-0.05, 0) is 6.92 Å². The molecular formula is C10H14O5. The molecule has 0 aliphatic carbocycles. The standard InChI is InChI=1S/C10H14O5/c1-3-4-9(12)14-5-6-15-10(13)7-8(2)11/h3H,1,4-7H2,2H3. The van der Waals surface area contributed by atoms with Crippen LogP contribution in [0.2, 0.25) is 0 Å². The van der Waals surface area contributed by atoms with Crippen LogP contribution in [0, 0.1) is 0 Å². The van der Waals surface area contributed by atoms with Gasteiger partial charge in [0.2, 0.25) is 0 Å². The number of hydrogen-bond donors (Lipinski definition) is 0. The number of carbonyl (C=O) groups excluding carboxylic acids is 3. The molecule has 0 N–H and O–H groups in total. The number of ether oxygens (including phenoxy) is 2. The third kappa shape index (κ3) is 8.67. The van der Waals surface area contributed by atoms with Crippen molar-refractivity contribution in [3.63, 3.8) is 0 Å². The van der Waals surface area contributed by atoms with Gasteiger partial charge >= 0.3 is 11.9 Å². The fourth-order valence-electron chi connectivity index (χ4n) is 0.742. The molecule has 0 aromatic carbocycles. The van der Waals surface area contributed by atoms with Crippen LogP contribution in [0.4, 0.5) is 0 Å². The van der Waals surface area contributed by atoms with Crippen molar-refractivity contribution < 1.29 is 23.9 Å². The summed E-state index contributed by atoms with van der Waals surface area (Å²) in [7, 11) is 0. The molecule has 0 bridgehead atoms. The van der Waals surface area contributed by atoms with Crippen LogP contribution in [0.15, 0.2) is 12.7 Å². The van der Waals surface area contributed by atoms with E-state index in [9.17, 15) is 14.4 Å². The number of hydrogen-bond acceptors (Lipinski definition) is 5. The van der Waals surface area contributed by atoms with E-state index in [0.29, 0.717) is 0 Å². The summed E-state index contributed by atoms with van der Waals surface area (Å²) in [6.07, 6.45) is 1.30. The van der Waals surface area contributed by atoms with Gasteiger partial charge in [-0.1, -0.05) is 6.08 Å². The zero-order valence-electron chi connectivity index (χ0n) is 8.65. The first-order valence-electron chi connectivity index (χ1n) is 4.48. The van der Waals surface area contributed by atoms with Gasteiger partial charge in [-0.2, -0.15) is 0 Å². The maximum atomic E-state index is 10.8. The molecule has 0 unspecified atom stereocenters. The maximum Gasteiger partial charge on any atom is 0.313 e. The SMILES string of the molecule is C=CCC(=O)OCCOC(=O)CC(C)=O. The average molecular weight is 214 g/mol. The summed E-state index contributed by atoms with van der Waals surface area (Å²) >= 11 is 0. The van der Waals surface area contributed by atoms with E-state index < -0.39 is 11.9 Å². The molecule has 84 valence electrons. The normalized spacial score (nSPS) is 9.13. The summed E-state index contributed by atoms with van der Waals surface area (Å²) in [6.45, 7) is 4.63. The summed E-state index contributed by atoms with van der Waals surface area (Å²) < 4.78 is 9.28. The van der Waals surface area contributed by atoms with Gasteiger partial charge in [0.1, 0.15) is 25.4 Å². The van der Waals surface area contributed by atoms with Crippen LogP contribution in [0.25, 0.3) is 0 Å². The molecule has 0 spiro atoms. The molecule has 0 saturated carbocycles. The lowest BCUT2D eigenvalue weighted by molar-refractivity contribution is -0.152. The molecule has 0 aliphatic rings. The fraction of sp³-hybridized carbons (Fsp3) is 0.500. The Balaban J connectivity index is 3.45. The van der Waals surface area contributed by atoms with Gasteiger partial charge < -0.3 is 9.47 Å². The van der Waals surface area contributed by atoms with Gasteiger partial charge in [-0.15, -0.1) is 6.58 Å². The van der Waals surface area contributed by atoms with Crippen molar-refractivity contribution in [1.82, 2.24) is 0 Å². The van der Waals surface area contributed by atoms with E-state index >= 15 is 0 Å². The van der Waals surface area contributed by atoms with Crippen LogP contribution in [-0.2, 0) is 23.9 Å². The fourth-order valence-corrected chi connectivity index (χ4v) is 0.742. The molecule has 0 rings (SSSR count). The number of ketones is 1. The lowest BCUT2D eigenvalue weighted by Crippen LogP contribution is -2.15. The van der Waals surface area contributed by atoms with E-state index in [-0.39, 0.29) is 31.8 Å². The number of Topliss-reactive ketones (excluding diaryl/α,β-unsaturated/α-hetero) is 1. The van der Waals surface area contributed by atoms with Gasteiger partial charge in [-0.25, -0.2) is 0 Å². The topological polar surface area (TPSA) is 69.7 Å². The molecule has 0 aromatic heterocycles. The largest absolute Gasteiger partial charge is 0.462 e. The Morgan fingerprint density at radius 3 is 2.13 bits per heavy atom. The summed E-state index contributed by atoms with van der Waals surface area (Å²) in [5.41, 5.74) is 0. The highest BCUT2D eigenvalue weighted by Gasteiger charge is 2.06. The zero-order valence-corrected chi connectivity index (χ0v) is 8.65. The Kier molecular flexibility index (Phi) is 6.88. The van der Waals surface area contributed by atoms with Crippen LogP contribution in [-0.4, -0.2) is 30.9 Å². The highest BCUT2D eigenvalue weighted by molar-refractivity contribution is 5.94. The van der Waals surface area contributed by atoms with Crippen molar-refractivity contribution in [2.24, 2.45) is 0 Å². The summed E-state index contributed by atoms with van der Waals surface area (Å²) in [6, 6.07) is 0. The second kappa shape index (κ2) is 7.73. The molecular weight excluding hydrogens is 200 g/mol. The minimum absolute atomic E-state index is 0.00365. The van der Waals surface area contributed by atoms with Gasteiger partial charge in [0.15, 0.2) is 0 Å². The highest BCUT2D eigenvalue weighted by Crippen LogP contribution is 1.90. The second-order valence-corrected chi connectivity index (χ2v) is 2.81. The van der Waals surface area contributed by atoms with Crippen LogP contribution < -0.4 is 0 Å². The highest BCUT2D eigenvalue weighted by atomic mass is 16.6. The van der Waals surface area contributed by atoms with E-state index in [0.717, 1.165) is 0 Å². The van der Waals surface area contributed by atoms with Crippen molar-refractivity contribution in [1.29, 1.82) is 0 Å². The molecule has 0 fully saturated rings. The van der Waals surface area contributed by atoms with E-state index in [4.69, 9.17) is 0 Å². The molecule has 5 heteroatoms. The van der Waals surface area contributed by atoms with Crippen molar-refractivity contribution in [3.8, 4) is 0 Å². The zero-order chi connectivity index (χ0) is 11.7. The molecule has 0 atom stereocenters. The van der Waals surface area contributed by atoms with Crippen LogP contribution >= 0.6 is 0 Å². The predicted octanol–water partition coefficient (Wildman–Crippen LogP) is 0.628. The Hall–Kier alpha value is -1.65. The number of esters is 2. The van der Waals surface area contributed by atoms with E-state index in [1.807, 2.05) is 0 Å². The minimum atomic E-state index is -0.609. The van der Waals surface area contributed by atoms with Gasteiger partial charge in [0.05, 0.1) is 6.42 Å². The van der Waals surface area contributed by atoms with Gasteiger partial charge in [0, 0.05) is 0 Å². The third-order valence-corrected chi connectivity index (χ3v) is 1.31. The quantitative estimate of drug-likeness (QED) is 0.269. The molecule has 0 aromatic rings. The molecule has 0 heterocycles. The molecule has 0 saturated heterocycles. The molecule has 0 amide bonds. The second-order valence-electron chi connectivity index (χ2n) is 2.81. The van der Waals surface area contributed by atoms with E-state index in [2.05, 4.69) is 16.1 Å². The Labute approximate surface area is 88.0 Å². The first-order valence-corrected chi connectivity index (χ1v) is 4.48. The minimum Gasteiger partial charge on any atom is -0.462 e. The Bertz CT molecular complexity index is 257. The van der Waals surface area contributed by atoms with Crippen molar-refractivity contribution in [3.05, 3.63) is 12.7 Å². The van der Waals surface area contributed by atoms with Crippen molar-refractivity contribution in [2.45, 2.75) is 19.8 Å². The molecule has 15 heavy (non-hydrogen) atoms. The van der Waals surface area contributed by atoms with Crippen molar-refractivity contribution in [2.75, 3.05) is 13.2 Å². The smallest absolute Gasteiger partial charge is 0.313 e. The van der Waals surface area contributed by atoms with Crippen molar-refractivity contribution >= 4 is 17.7 Å². The Morgan fingerprint density at radius 1 is 1.13 bits per heavy atom. The number of carbonyl (C=O) groups is 3. The predicted molar refractivity (Wildman–Crippen MR) is 52.0 cm³/mol. The summed E-state index contributed by atoms with van der Waals surface area (Å²) in [5.74, 6) is -1.29. The van der Waals surface area contributed by atoms with Gasteiger partial charge in [0.25, 0.3) is 0 Å². The van der Waals surface area contributed by atoms with E-state index in [1.54, 1.807) is 0 Å². The Morgan fingerprint density at radius 2 is 1.67 bits per heavy atom. The third-order valence-electron chi connectivity index (χ3n) is 1.31. The van der Waals surface area contributed by atoms with Crippen LogP contribution in [0.3, 0.4) is 0 Å². The molecule has 0 aliphatic heterocycles. The monoisotopic (exact) mass is 214 g/mol. The van der Waals surface area contributed by atoms with E-state index in [1.165, 1.54) is 13.0 Å².